The van der Waals surface area contributed by atoms with Gasteiger partial charge in [0.05, 0.1) is 5.56 Å². The molecule has 0 amide bonds. The molecule has 0 atom stereocenters. The van der Waals surface area contributed by atoms with E-state index in [2.05, 4.69) is 15.4 Å². The van der Waals surface area contributed by atoms with Gasteiger partial charge in [0.15, 0.2) is 11.5 Å². The Hall–Kier alpha value is -1.63. The van der Waals surface area contributed by atoms with Gasteiger partial charge in [0.1, 0.15) is 0 Å². The number of alkyl halides is 3. The third-order valence-corrected chi connectivity index (χ3v) is 3.04. The van der Waals surface area contributed by atoms with Crippen LogP contribution in [0.25, 0.3) is 5.65 Å². The van der Waals surface area contributed by atoms with E-state index in [1.807, 2.05) is 0 Å². The Balaban J connectivity index is 1.91. The maximum Gasteiger partial charge on any atom is 0.417 e. The quantitative estimate of drug-likeness (QED) is 0.885. The molecule has 0 aromatic carbocycles. The Morgan fingerprint density at radius 2 is 2.11 bits per heavy atom. The molecule has 0 saturated carbocycles. The van der Waals surface area contributed by atoms with Crippen molar-refractivity contribution in [2.75, 3.05) is 13.1 Å². The van der Waals surface area contributed by atoms with Crippen LogP contribution in [0.1, 0.15) is 11.4 Å². The molecule has 2 aromatic heterocycles. The number of hydrogen-bond acceptors (Lipinski definition) is 3. The van der Waals surface area contributed by atoms with Gasteiger partial charge in [0, 0.05) is 12.6 Å². The van der Waals surface area contributed by atoms with Crippen LogP contribution in [0.2, 0.25) is 0 Å². The van der Waals surface area contributed by atoms with E-state index in [1.165, 1.54) is 10.6 Å². The molecule has 1 aliphatic rings. The van der Waals surface area contributed by atoms with E-state index in [4.69, 9.17) is 0 Å². The van der Waals surface area contributed by atoms with E-state index in [9.17, 15) is 13.2 Å². The van der Waals surface area contributed by atoms with Crippen molar-refractivity contribution < 1.29 is 13.2 Å². The summed E-state index contributed by atoms with van der Waals surface area (Å²) in [6, 6.07) is 2.37. The molecule has 1 N–H and O–H groups in total. The first-order valence-corrected chi connectivity index (χ1v) is 5.65. The third kappa shape index (κ3) is 2.05. The molecule has 3 rings (SSSR count). The van der Waals surface area contributed by atoms with Gasteiger partial charge in [-0.05, 0) is 31.1 Å². The fourth-order valence-corrected chi connectivity index (χ4v) is 1.93. The minimum Gasteiger partial charge on any atom is -0.316 e. The van der Waals surface area contributed by atoms with Crippen LogP contribution in [0.5, 0.6) is 0 Å². The Morgan fingerprint density at radius 1 is 1.33 bits per heavy atom. The second kappa shape index (κ2) is 3.94. The van der Waals surface area contributed by atoms with Crippen molar-refractivity contribution in [3.63, 3.8) is 0 Å². The van der Waals surface area contributed by atoms with Crippen LogP contribution in [-0.4, -0.2) is 27.7 Å². The van der Waals surface area contributed by atoms with Gasteiger partial charge in [-0.3, -0.25) is 0 Å². The average Bonchev–Trinajstić information content (AvgIpc) is 2.63. The van der Waals surface area contributed by atoms with Crippen molar-refractivity contribution in [3.8, 4) is 0 Å². The van der Waals surface area contributed by atoms with E-state index >= 15 is 0 Å². The highest BCUT2D eigenvalue weighted by Crippen LogP contribution is 2.28. The first-order chi connectivity index (χ1) is 8.52. The van der Waals surface area contributed by atoms with Crippen LogP contribution in [0, 0.1) is 5.92 Å². The maximum absolute atomic E-state index is 12.5. The lowest BCUT2D eigenvalue weighted by molar-refractivity contribution is -0.137. The molecule has 3 heterocycles. The molecule has 0 bridgehead atoms. The zero-order valence-corrected chi connectivity index (χ0v) is 9.41. The summed E-state index contributed by atoms with van der Waals surface area (Å²) in [5.74, 6) is 1.09. The number of pyridine rings is 1. The molecule has 96 valence electrons. The SMILES string of the molecule is FC(F)(F)c1ccc2nc(CC3CNC3)nn2c1. The zero-order valence-electron chi connectivity index (χ0n) is 9.41. The minimum absolute atomic E-state index is 0.449. The second-order valence-electron chi connectivity index (χ2n) is 4.47. The second-order valence-corrected chi connectivity index (χ2v) is 4.47. The lowest BCUT2D eigenvalue weighted by Crippen LogP contribution is -2.43. The van der Waals surface area contributed by atoms with Crippen molar-refractivity contribution in [1.29, 1.82) is 0 Å². The van der Waals surface area contributed by atoms with Crippen LogP contribution in [0.15, 0.2) is 18.3 Å². The van der Waals surface area contributed by atoms with E-state index in [-0.39, 0.29) is 0 Å². The summed E-state index contributed by atoms with van der Waals surface area (Å²) >= 11 is 0. The summed E-state index contributed by atoms with van der Waals surface area (Å²) in [6.45, 7) is 1.84. The summed E-state index contributed by atoms with van der Waals surface area (Å²) in [4.78, 5) is 4.21. The van der Waals surface area contributed by atoms with E-state index in [1.54, 1.807) is 0 Å². The normalized spacial score (nSPS) is 17.1. The predicted molar refractivity (Wildman–Crippen MR) is 58.1 cm³/mol. The molecule has 0 aliphatic carbocycles. The number of rotatable bonds is 2. The van der Waals surface area contributed by atoms with Crippen LogP contribution in [-0.2, 0) is 12.6 Å². The van der Waals surface area contributed by atoms with Gasteiger partial charge in [-0.1, -0.05) is 0 Å². The summed E-state index contributed by atoms with van der Waals surface area (Å²) in [6.07, 6.45) is -2.67. The molecule has 18 heavy (non-hydrogen) atoms. The van der Waals surface area contributed by atoms with Crippen molar-refractivity contribution in [2.45, 2.75) is 12.6 Å². The standard InChI is InChI=1S/C11H11F3N4/c12-11(13,14)8-1-2-10-16-9(17-18(10)6-8)3-7-4-15-5-7/h1-2,6-7,15H,3-5H2. The fraction of sp³-hybridized carbons (Fsp3) is 0.455. The summed E-state index contributed by atoms with van der Waals surface area (Å²) in [5.41, 5.74) is -0.262. The van der Waals surface area contributed by atoms with Crippen molar-refractivity contribution in [3.05, 3.63) is 29.7 Å². The van der Waals surface area contributed by atoms with Crippen LogP contribution in [0.3, 0.4) is 0 Å². The van der Waals surface area contributed by atoms with Crippen LogP contribution in [0.4, 0.5) is 13.2 Å². The Kier molecular flexibility index (Phi) is 2.51. The number of aromatic nitrogens is 3. The van der Waals surface area contributed by atoms with Crippen LogP contribution >= 0.6 is 0 Å². The largest absolute Gasteiger partial charge is 0.417 e. The number of nitrogens with one attached hydrogen (secondary N) is 1. The fourth-order valence-electron chi connectivity index (χ4n) is 1.93. The van der Waals surface area contributed by atoms with Crippen molar-refractivity contribution >= 4 is 5.65 Å². The van der Waals surface area contributed by atoms with Crippen molar-refractivity contribution in [2.24, 2.45) is 5.92 Å². The highest BCUT2D eigenvalue weighted by atomic mass is 19.4. The smallest absolute Gasteiger partial charge is 0.316 e. The highest BCUT2D eigenvalue weighted by molar-refractivity contribution is 5.39. The molecule has 0 unspecified atom stereocenters. The zero-order chi connectivity index (χ0) is 12.8. The maximum atomic E-state index is 12.5. The number of halogens is 3. The molecule has 1 saturated heterocycles. The summed E-state index contributed by atoms with van der Waals surface area (Å²) in [7, 11) is 0. The molecule has 7 heteroatoms. The molecule has 2 aromatic rings. The summed E-state index contributed by atoms with van der Waals surface area (Å²) in [5, 5.41) is 7.22. The van der Waals surface area contributed by atoms with Gasteiger partial charge >= 0.3 is 6.18 Å². The highest BCUT2D eigenvalue weighted by Gasteiger charge is 2.31. The third-order valence-electron chi connectivity index (χ3n) is 3.04. The van der Waals surface area contributed by atoms with Crippen LogP contribution < -0.4 is 5.32 Å². The predicted octanol–water partition coefficient (Wildman–Crippen LogP) is 1.51. The molecule has 0 spiro atoms. The number of fused-ring (bicyclic) bond motifs is 1. The monoisotopic (exact) mass is 256 g/mol. The van der Waals surface area contributed by atoms with Gasteiger partial charge in [0.25, 0.3) is 0 Å². The van der Waals surface area contributed by atoms with Crippen molar-refractivity contribution in [1.82, 2.24) is 19.9 Å². The number of hydrogen-bond donors (Lipinski definition) is 1. The van der Waals surface area contributed by atoms with E-state index in [0.717, 1.165) is 25.4 Å². The van der Waals surface area contributed by atoms with E-state index < -0.39 is 11.7 Å². The Morgan fingerprint density at radius 3 is 2.72 bits per heavy atom. The van der Waals surface area contributed by atoms with Gasteiger partial charge in [-0.25, -0.2) is 9.50 Å². The van der Waals surface area contributed by atoms with Gasteiger partial charge in [0.2, 0.25) is 0 Å². The molecule has 1 fully saturated rings. The molecule has 4 nitrogen and oxygen atoms in total. The first-order valence-electron chi connectivity index (χ1n) is 5.65. The minimum atomic E-state index is -4.35. The summed E-state index contributed by atoms with van der Waals surface area (Å²) < 4.78 is 38.8. The molecule has 0 radical (unpaired) electrons. The lowest BCUT2D eigenvalue weighted by atomic mass is 9.99. The first kappa shape index (κ1) is 11.5. The van der Waals surface area contributed by atoms with Gasteiger partial charge in [-0.2, -0.15) is 18.3 Å². The Labute approximate surface area is 101 Å². The number of nitrogens with zero attached hydrogens (tertiary/aromatic N) is 3. The molecular weight excluding hydrogens is 245 g/mol. The average molecular weight is 256 g/mol. The molecular formula is C11H11F3N4. The molecule has 1 aliphatic heterocycles. The van der Waals surface area contributed by atoms with Gasteiger partial charge < -0.3 is 5.32 Å². The Bertz CT molecular complexity index is 571. The van der Waals surface area contributed by atoms with E-state index in [0.29, 0.717) is 23.8 Å². The lowest BCUT2D eigenvalue weighted by Gasteiger charge is -2.25. The van der Waals surface area contributed by atoms with Gasteiger partial charge in [-0.15, -0.1) is 0 Å². The topological polar surface area (TPSA) is 42.2 Å².